The third-order valence-corrected chi connectivity index (χ3v) is 5.73. The fourth-order valence-corrected chi connectivity index (χ4v) is 4.24. The molecular weight excluding hydrogens is 376 g/mol. The van der Waals surface area contributed by atoms with Gasteiger partial charge in [-0.15, -0.1) is 11.8 Å². The van der Waals surface area contributed by atoms with Gasteiger partial charge in [-0.3, -0.25) is 4.79 Å². The number of thioether (sulfide) groups is 1. The van der Waals surface area contributed by atoms with Crippen molar-refractivity contribution in [2.45, 2.75) is 17.9 Å². The lowest BCUT2D eigenvalue weighted by Crippen LogP contribution is -2.37. The molecule has 2 aromatic carbocycles. The van der Waals surface area contributed by atoms with Gasteiger partial charge in [0.2, 0.25) is 11.7 Å². The number of hydrogen-bond donors (Lipinski definition) is 1. The first-order valence-electron chi connectivity index (χ1n) is 9.18. The van der Waals surface area contributed by atoms with E-state index in [1.54, 1.807) is 21.3 Å². The maximum absolute atomic E-state index is 12.6. The van der Waals surface area contributed by atoms with Crippen LogP contribution in [0.5, 0.6) is 17.2 Å². The van der Waals surface area contributed by atoms with Crippen LogP contribution in [-0.2, 0) is 11.3 Å². The molecule has 1 aliphatic rings. The van der Waals surface area contributed by atoms with E-state index in [-0.39, 0.29) is 5.91 Å². The predicted molar refractivity (Wildman–Crippen MR) is 112 cm³/mol. The molecule has 1 heterocycles. The van der Waals surface area contributed by atoms with Crippen molar-refractivity contribution in [3.05, 3.63) is 42.0 Å². The molecule has 3 rings (SSSR count). The van der Waals surface area contributed by atoms with Crippen molar-refractivity contribution < 1.29 is 19.0 Å². The van der Waals surface area contributed by atoms with Gasteiger partial charge in [0.05, 0.1) is 33.6 Å². The third kappa shape index (κ3) is 4.65. The van der Waals surface area contributed by atoms with Crippen LogP contribution < -0.4 is 24.4 Å². The van der Waals surface area contributed by atoms with Gasteiger partial charge >= 0.3 is 0 Å². The van der Waals surface area contributed by atoms with Crippen LogP contribution in [0.4, 0.5) is 5.69 Å². The summed E-state index contributed by atoms with van der Waals surface area (Å²) in [4.78, 5) is 16.0. The van der Waals surface area contributed by atoms with Crippen LogP contribution in [0, 0.1) is 0 Å². The molecule has 0 aliphatic carbocycles. The molecule has 28 heavy (non-hydrogen) atoms. The molecule has 0 bridgehead atoms. The molecule has 0 atom stereocenters. The summed E-state index contributed by atoms with van der Waals surface area (Å²) in [6.45, 7) is 1.60. The molecule has 0 radical (unpaired) electrons. The van der Waals surface area contributed by atoms with Crippen LogP contribution in [0.25, 0.3) is 0 Å². The average Bonchev–Trinajstić information content (AvgIpc) is 2.93. The average molecular weight is 403 g/mol. The van der Waals surface area contributed by atoms with Gasteiger partial charge in [0.1, 0.15) is 0 Å². The van der Waals surface area contributed by atoms with Gasteiger partial charge in [0, 0.05) is 18.0 Å². The Balaban J connectivity index is 1.66. The first-order chi connectivity index (χ1) is 13.7. The molecule has 150 valence electrons. The summed E-state index contributed by atoms with van der Waals surface area (Å²) in [6, 6.07) is 12.0. The molecule has 0 saturated heterocycles. The van der Waals surface area contributed by atoms with E-state index in [9.17, 15) is 4.79 Å². The van der Waals surface area contributed by atoms with E-state index in [1.807, 2.05) is 36.0 Å². The van der Waals surface area contributed by atoms with Crippen molar-refractivity contribution in [3.63, 3.8) is 0 Å². The summed E-state index contributed by atoms with van der Waals surface area (Å²) in [7, 11) is 4.72. The first-order valence-corrected chi connectivity index (χ1v) is 10.2. The van der Waals surface area contributed by atoms with Crippen molar-refractivity contribution in [2.24, 2.45) is 0 Å². The van der Waals surface area contributed by atoms with E-state index in [0.29, 0.717) is 30.3 Å². The number of methoxy groups -OCH3 is 3. The van der Waals surface area contributed by atoms with E-state index >= 15 is 0 Å². The molecule has 1 aliphatic heterocycles. The van der Waals surface area contributed by atoms with Crippen LogP contribution in [-0.4, -0.2) is 46.1 Å². The number of benzene rings is 2. The lowest BCUT2D eigenvalue weighted by molar-refractivity contribution is -0.119. The molecule has 0 aromatic heterocycles. The molecular formula is C21H26N2O4S. The van der Waals surface area contributed by atoms with E-state index in [0.717, 1.165) is 30.0 Å². The summed E-state index contributed by atoms with van der Waals surface area (Å²) in [5, 5.41) is 3.00. The van der Waals surface area contributed by atoms with Gasteiger partial charge in [-0.25, -0.2) is 0 Å². The lowest BCUT2D eigenvalue weighted by atomic mass is 10.1. The SMILES string of the molecule is COc1cc(CNC(=O)CN2CCCSc3ccccc32)cc(OC)c1OC. The number of para-hydroxylation sites is 1. The molecule has 2 aromatic rings. The predicted octanol–water partition coefficient (Wildman–Crippen LogP) is 3.33. The number of nitrogens with one attached hydrogen (secondary N) is 1. The number of rotatable bonds is 7. The molecule has 0 spiro atoms. The van der Waals surface area contributed by atoms with Gasteiger partial charge in [-0.05, 0) is 42.0 Å². The van der Waals surface area contributed by atoms with Crippen molar-refractivity contribution in [2.75, 3.05) is 45.1 Å². The van der Waals surface area contributed by atoms with Crippen molar-refractivity contribution in [3.8, 4) is 17.2 Å². The maximum atomic E-state index is 12.6. The fraction of sp³-hybridized carbons (Fsp3) is 0.381. The zero-order chi connectivity index (χ0) is 19.9. The van der Waals surface area contributed by atoms with Crippen LogP contribution in [0.3, 0.4) is 0 Å². The molecule has 0 unspecified atom stereocenters. The smallest absolute Gasteiger partial charge is 0.239 e. The van der Waals surface area contributed by atoms with Gasteiger partial charge in [0.15, 0.2) is 11.5 Å². The van der Waals surface area contributed by atoms with E-state index < -0.39 is 0 Å². The second kappa shape index (κ2) is 9.59. The van der Waals surface area contributed by atoms with Gasteiger partial charge in [-0.2, -0.15) is 0 Å². The Morgan fingerprint density at radius 2 is 1.82 bits per heavy atom. The van der Waals surface area contributed by atoms with Crippen molar-refractivity contribution in [1.29, 1.82) is 0 Å². The second-order valence-electron chi connectivity index (χ2n) is 6.40. The number of anilines is 1. The monoisotopic (exact) mass is 402 g/mol. The highest BCUT2D eigenvalue weighted by atomic mass is 32.2. The molecule has 1 N–H and O–H groups in total. The number of fused-ring (bicyclic) bond motifs is 1. The maximum Gasteiger partial charge on any atom is 0.239 e. The minimum absolute atomic E-state index is 0.0181. The van der Waals surface area contributed by atoms with E-state index in [4.69, 9.17) is 14.2 Å². The molecule has 1 amide bonds. The summed E-state index contributed by atoms with van der Waals surface area (Å²) >= 11 is 1.85. The topological polar surface area (TPSA) is 60.0 Å². The van der Waals surface area contributed by atoms with Gasteiger partial charge in [-0.1, -0.05) is 12.1 Å². The minimum atomic E-state index is -0.0181. The summed E-state index contributed by atoms with van der Waals surface area (Å²) < 4.78 is 16.1. The highest BCUT2D eigenvalue weighted by Crippen LogP contribution is 2.38. The minimum Gasteiger partial charge on any atom is -0.493 e. The molecule has 6 nitrogen and oxygen atoms in total. The Labute approximate surface area is 170 Å². The Bertz CT molecular complexity index is 803. The van der Waals surface area contributed by atoms with E-state index in [1.165, 1.54) is 4.90 Å². The molecule has 0 fully saturated rings. The Morgan fingerprint density at radius 3 is 2.50 bits per heavy atom. The summed E-state index contributed by atoms with van der Waals surface area (Å²) in [6.07, 6.45) is 1.06. The second-order valence-corrected chi connectivity index (χ2v) is 7.54. The number of ether oxygens (including phenoxy) is 3. The van der Waals surface area contributed by atoms with Crippen LogP contribution in [0.2, 0.25) is 0 Å². The summed E-state index contributed by atoms with van der Waals surface area (Å²) in [5.74, 6) is 2.74. The quantitative estimate of drug-likeness (QED) is 0.767. The number of hydrogen-bond acceptors (Lipinski definition) is 6. The van der Waals surface area contributed by atoms with Gasteiger partial charge < -0.3 is 24.4 Å². The van der Waals surface area contributed by atoms with Crippen LogP contribution in [0.1, 0.15) is 12.0 Å². The normalized spacial score (nSPS) is 13.3. The van der Waals surface area contributed by atoms with Crippen LogP contribution in [0.15, 0.2) is 41.3 Å². The highest BCUT2D eigenvalue weighted by molar-refractivity contribution is 7.99. The molecule has 0 saturated carbocycles. The number of carbonyl (C=O) groups excluding carboxylic acids is 1. The van der Waals surface area contributed by atoms with Crippen molar-refractivity contribution >= 4 is 23.4 Å². The highest BCUT2D eigenvalue weighted by Gasteiger charge is 2.18. The number of nitrogens with zero attached hydrogens (tertiary/aromatic N) is 1. The van der Waals surface area contributed by atoms with Gasteiger partial charge in [0.25, 0.3) is 0 Å². The fourth-order valence-electron chi connectivity index (χ4n) is 3.23. The third-order valence-electron chi connectivity index (χ3n) is 4.58. The number of amides is 1. The zero-order valence-electron chi connectivity index (χ0n) is 16.5. The Kier molecular flexibility index (Phi) is 6.92. The Morgan fingerprint density at radius 1 is 1.11 bits per heavy atom. The lowest BCUT2D eigenvalue weighted by Gasteiger charge is -2.24. The summed E-state index contributed by atoms with van der Waals surface area (Å²) in [5.41, 5.74) is 2.02. The largest absolute Gasteiger partial charge is 0.493 e. The zero-order valence-corrected chi connectivity index (χ0v) is 17.3. The molecule has 7 heteroatoms. The van der Waals surface area contributed by atoms with E-state index in [2.05, 4.69) is 22.3 Å². The Hall–Kier alpha value is -2.54. The number of carbonyl (C=O) groups is 1. The van der Waals surface area contributed by atoms with Crippen LogP contribution >= 0.6 is 11.8 Å². The first kappa shape index (κ1) is 20.2. The van der Waals surface area contributed by atoms with Crippen molar-refractivity contribution in [1.82, 2.24) is 5.32 Å². The standard InChI is InChI=1S/C21H26N2O4S/c1-25-17-11-15(12-18(26-2)21(17)27-3)13-22-20(24)14-23-9-6-10-28-19-8-5-4-7-16(19)23/h4-5,7-8,11-12H,6,9-10,13-14H2,1-3H3,(H,22,24).